The van der Waals surface area contributed by atoms with Crippen molar-refractivity contribution in [2.24, 2.45) is 7.05 Å². The number of nitrogens with one attached hydrogen (secondary N) is 1. The van der Waals surface area contributed by atoms with Crippen molar-refractivity contribution in [2.75, 3.05) is 25.5 Å². The quantitative estimate of drug-likeness (QED) is 0.575. The van der Waals surface area contributed by atoms with Gasteiger partial charge >= 0.3 is 6.03 Å². The highest BCUT2D eigenvalue weighted by atomic mass is 35.5. The van der Waals surface area contributed by atoms with E-state index in [2.05, 4.69) is 10.3 Å². The standard InChI is InChI=1S/C21H26ClN5O3S/c1-5-27(6-2)31(29,30)17-10-11-19-18(13-17)24-20(26(19)4)14-25(3)21(28)23-16-9-7-8-15(22)12-16/h7-13H,5-6,14H2,1-4H3,(H,23,28). The molecule has 0 unspecified atom stereocenters. The summed E-state index contributed by atoms with van der Waals surface area (Å²) in [6.45, 7) is 4.66. The lowest BCUT2D eigenvalue weighted by atomic mass is 10.3. The Hall–Kier alpha value is -2.62. The summed E-state index contributed by atoms with van der Waals surface area (Å²) in [5.41, 5.74) is 1.95. The number of aryl methyl sites for hydroxylation is 1. The van der Waals surface area contributed by atoms with Crippen LogP contribution in [-0.4, -0.2) is 53.3 Å². The molecule has 0 aliphatic heterocycles. The third-order valence-corrected chi connectivity index (χ3v) is 7.37. The molecule has 3 rings (SSSR count). The molecule has 0 spiro atoms. The van der Waals surface area contributed by atoms with Crippen molar-refractivity contribution in [1.82, 2.24) is 18.8 Å². The predicted molar refractivity (Wildman–Crippen MR) is 123 cm³/mol. The van der Waals surface area contributed by atoms with Gasteiger partial charge in [-0.3, -0.25) is 0 Å². The van der Waals surface area contributed by atoms with E-state index in [9.17, 15) is 13.2 Å². The van der Waals surface area contributed by atoms with Gasteiger partial charge in [0.2, 0.25) is 10.0 Å². The highest BCUT2D eigenvalue weighted by Gasteiger charge is 2.23. The number of hydrogen-bond acceptors (Lipinski definition) is 4. The molecule has 0 aliphatic rings. The number of carbonyl (C=O) groups excluding carboxylic acids is 1. The Bertz CT molecular complexity index is 1200. The molecular weight excluding hydrogens is 438 g/mol. The third kappa shape index (κ3) is 4.84. The molecule has 31 heavy (non-hydrogen) atoms. The summed E-state index contributed by atoms with van der Waals surface area (Å²) >= 11 is 5.96. The maximum Gasteiger partial charge on any atom is 0.321 e. The second kappa shape index (κ2) is 9.25. The number of fused-ring (bicyclic) bond motifs is 1. The maximum atomic E-state index is 12.8. The molecule has 0 atom stereocenters. The number of halogens is 1. The number of sulfonamides is 1. The van der Waals surface area contributed by atoms with Crippen LogP contribution in [0.15, 0.2) is 47.4 Å². The van der Waals surface area contributed by atoms with E-state index in [1.165, 1.54) is 9.21 Å². The zero-order valence-corrected chi connectivity index (χ0v) is 19.5. The predicted octanol–water partition coefficient (Wildman–Crippen LogP) is 3.92. The Balaban J connectivity index is 1.83. The number of imidazole rings is 1. The molecule has 0 aliphatic carbocycles. The van der Waals surface area contributed by atoms with Gasteiger partial charge in [0.05, 0.1) is 22.5 Å². The smallest absolute Gasteiger partial charge is 0.321 e. The minimum absolute atomic E-state index is 0.209. The van der Waals surface area contributed by atoms with E-state index >= 15 is 0 Å². The van der Waals surface area contributed by atoms with Crippen LogP contribution in [0.25, 0.3) is 11.0 Å². The second-order valence-corrected chi connectivity index (χ2v) is 9.50. The Kier molecular flexibility index (Phi) is 6.88. The van der Waals surface area contributed by atoms with Crippen LogP contribution in [-0.2, 0) is 23.6 Å². The molecule has 0 radical (unpaired) electrons. The van der Waals surface area contributed by atoms with Crippen LogP contribution in [0.2, 0.25) is 5.02 Å². The topological polar surface area (TPSA) is 87.5 Å². The van der Waals surface area contributed by atoms with Gasteiger partial charge < -0.3 is 14.8 Å². The molecule has 8 nitrogen and oxygen atoms in total. The van der Waals surface area contributed by atoms with Crippen LogP contribution in [0.4, 0.5) is 10.5 Å². The van der Waals surface area contributed by atoms with E-state index in [1.54, 1.807) is 49.5 Å². The molecule has 3 aromatic rings. The fourth-order valence-electron chi connectivity index (χ4n) is 3.31. The van der Waals surface area contributed by atoms with E-state index in [4.69, 9.17) is 11.6 Å². The van der Waals surface area contributed by atoms with E-state index < -0.39 is 10.0 Å². The number of aromatic nitrogens is 2. The van der Waals surface area contributed by atoms with Gasteiger partial charge in [-0.1, -0.05) is 31.5 Å². The first-order valence-electron chi connectivity index (χ1n) is 9.90. The number of rotatable bonds is 7. The fraction of sp³-hybridized carbons (Fsp3) is 0.333. The number of carbonyl (C=O) groups is 1. The monoisotopic (exact) mass is 463 g/mol. The van der Waals surface area contributed by atoms with Gasteiger partial charge in [0, 0.05) is 37.9 Å². The summed E-state index contributed by atoms with van der Waals surface area (Å²) < 4.78 is 28.9. The van der Waals surface area contributed by atoms with Crippen molar-refractivity contribution in [3.63, 3.8) is 0 Å². The zero-order chi connectivity index (χ0) is 22.8. The molecule has 0 saturated heterocycles. The van der Waals surface area contributed by atoms with Crippen LogP contribution in [0.1, 0.15) is 19.7 Å². The van der Waals surface area contributed by atoms with Crippen molar-refractivity contribution in [2.45, 2.75) is 25.3 Å². The molecule has 0 bridgehead atoms. The number of urea groups is 1. The molecule has 2 aromatic carbocycles. The Morgan fingerprint density at radius 2 is 1.87 bits per heavy atom. The van der Waals surface area contributed by atoms with Crippen LogP contribution in [0, 0.1) is 0 Å². The second-order valence-electron chi connectivity index (χ2n) is 7.12. The number of nitrogens with zero attached hydrogens (tertiary/aromatic N) is 4. The van der Waals surface area contributed by atoms with E-state index in [-0.39, 0.29) is 17.5 Å². The molecule has 2 amide bonds. The van der Waals surface area contributed by atoms with Gasteiger partial charge in [0.1, 0.15) is 5.82 Å². The van der Waals surface area contributed by atoms with E-state index in [0.717, 1.165) is 5.52 Å². The van der Waals surface area contributed by atoms with Gasteiger partial charge in [-0.05, 0) is 36.4 Å². The van der Waals surface area contributed by atoms with Crippen LogP contribution in [0.3, 0.4) is 0 Å². The highest BCUT2D eigenvalue weighted by molar-refractivity contribution is 7.89. The summed E-state index contributed by atoms with van der Waals surface area (Å²) in [6, 6.07) is 11.5. The summed E-state index contributed by atoms with van der Waals surface area (Å²) in [5, 5.41) is 3.32. The number of amides is 2. The van der Waals surface area contributed by atoms with Crippen LogP contribution >= 0.6 is 11.6 Å². The van der Waals surface area contributed by atoms with Gasteiger partial charge in [-0.2, -0.15) is 4.31 Å². The van der Waals surface area contributed by atoms with Crippen LogP contribution < -0.4 is 5.32 Å². The first kappa shape index (κ1) is 23.1. The number of hydrogen-bond donors (Lipinski definition) is 1. The molecular formula is C21H26ClN5O3S. The molecule has 1 N–H and O–H groups in total. The largest absolute Gasteiger partial charge is 0.330 e. The molecule has 1 aromatic heterocycles. The highest BCUT2D eigenvalue weighted by Crippen LogP contribution is 2.23. The Morgan fingerprint density at radius 3 is 2.52 bits per heavy atom. The number of anilines is 1. The summed E-state index contributed by atoms with van der Waals surface area (Å²) in [7, 11) is -0.0707. The van der Waals surface area contributed by atoms with Gasteiger partial charge in [-0.25, -0.2) is 18.2 Å². The lowest BCUT2D eigenvalue weighted by molar-refractivity contribution is 0.219. The minimum atomic E-state index is -3.57. The maximum absolute atomic E-state index is 12.8. The third-order valence-electron chi connectivity index (χ3n) is 5.09. The zero-order valence-electron chi connectivity index (χ0n) is 18.0. The van der Waals surface area contributed by atoms with Crippen molar-refractivity contribution >= 4 is 44.4 Å². The first-order chi connectivity index (χ1) is 14.7. The minimum Gasteiger partial charge on any atom is -0.330 e. The van der Waals surface area contributed by atoms with Crippen molar-refractivity contribution in [3.8, 4) is 0 Å². The normalized spacial score (nSPS) is 11.8. The Morgan fingerprint density at radius 1 is 1.16 bits per heavy atom. The first-order valence-corrected chi connectivity index (χ1v) is 11.7. The Labute approximate surface area is 187 Å². The van der Waals surface area contributed by atoms with E-state index in [1.807, 2.05) is 25.5 Å². The average Bonchev–Trinajstić information content (AvgIpc) is 3.03. The van der Waals surface area contributed by atoms with Gasteiger partial charge in [0.15, 0.2) is 0 Å². The molecule has 0 saturated carbocycles. The number of benzene rings is 2. The molecule has 166 valence electrons. The van der Waals surface area contributed by atoms with E-state index in [0.29, 0.717) is 35.1 Å². The molecule has 10 heteroatoms. The van der Waals surface area contributed by atoms with Gasteiger partial charge in [0.25, 0.3) is 0 Å². The molecule has 0 fully saturated rings. The summed E-state index contributed by atoms with van der Waals surface area (Å²) in [5.74, 6) is 0.635. The fourth-order valence-corrected chi connectivity index (χ4v) is 4.98. The van der Waals surface area contributed by atoms with Crippen molar-refractivity contribution in [3.05, 3.63) is 53.3 Å². The van der Waals surface area contributed by atoms with Crippen molar-refractivity contribution < 1.29 is 13.2 Å². The lowest BCUT2D eigenvalue weighted by Crippen LogP contribution is -2.31. The molecule has 1 heterocycles. The van der Waals surface area contributed by atoms with Gasteiger partial charge in [-0.15, -0.1) is 0 Å². The lowest BCUT2D eigenvalue weighted by Gasteiger charge is -2.18. The summed E-state index contributed by atoms with van der Waals surface area (Å²) in [4.78, 5) is 18.8. The summed E-state index contributed by atoms with van der Waals surface area (Å²) in [6.07, 6.45) is 0. The van der Waals surface area contributed by atoms with Crippen LogP contribution in [0.5, 0.6) is 0 Å². The SMILES string of the molecule is CCN(CC)S(=O)(=O)c1ccc2c(c1)nc(CN(C)C(=O)Nc1cccc(Cl)c1)n2C. The average molecular weight is 464 g/mol. The van der Waals surface area contributed by atoms with Crippen molar-refractivity contribution in [1.29, 1.82) is 0 Å².